The molecule has 1 aromatic rings. The van der Waals surface area contributed by atoms with Gasteiger partial charge in [-0.1, -0.05) is 18.2 Å². The van der Waals surface area contributed by atoms with E-state index in [4.69, 9.17) is 0 Å². The number of aromatic nitrogens is 1. The van der Waals surface area contributed by atoms with Crippen LogP contribution in [0.1, 0.15) is 12.8 Å². The lowest BCUT2D eigenvalue weighted by Crippen LogP contribution is -2.31. The van der Waals surface area contributed by atoms with E-state index in [0.29, 0.717) is 0 Å². The van der Waals surface area contributed by atoms with Crippen molar-refractivity contribution in [3.05, 3.63) is 36.5 Å². The van der Waals surface area contributed by atoms with Gasteiger partial charge in [0.2, 0.25) is 0 Å². The van der Waals surface area contributed by atoms with Crippen molar-refractivity contribution in [2.45, 2.75) is 12.8 Å². The van der Waals surface area contributed by atoms with Crippen LogP contribution in [0.2, 0.25) is 0 Å². The quantitative estimate of drug-likeness (QED) is 0.607. The van der Waals surface area contributed by atoms with Gasteiger partial charge in [0.25, 0.3) is 0 Å². The van der Waals surface area contributed by atoms with Gasteiger partial charge in [0.15, 0.2) is 0 Å². The molecule has 2 nitrogen and oxygen atoms in total. The molecule has 0 spiro atoms. The molecule has 1 aliphatic heterocycles. The van der Waals surface area contributed by atoms with Crippen molar-refractivity contribution in [1.82, 2.24) is 4.98 Å². The first-order valence-corrected chi connectivity index (χ1v) is 4.69. The average Bonchev–Trinajstić information content (AvgIpc) is 2.19. The summed E-state index contributed by atoms with van der Waals surface area (Å²) in [6.45, 7) is 6.10. The summed E-state index contributed by atoms with van der Waals surface area (Å²) in [4.78, 5) is 6.61. The number of piperidine rings is 1. The highest BCUT2D eigenvalue weighted by Crippen LogP contribution is 2.18. The van der Waals surface area contributed by atoms with Gasteiger partial charge in [-0.2, -0.15) is 0 Å². The molecule has 0 bridgehead atoms. The maximum Gasteiger partial charge on any atom is 0.128 e. The van der Waals surface area contributed by atoms with Gasteiger partial charge in [-0.05, 0) is 25.0 Å². The van der Waals surface area contributed by atoms with Crippen molar-refractivity contribution in [2.24, 2.45) is 0 Å². The Hall–Kier alpha value is -1.31. The fraction of sp³-hybridized carbons (Fsp3) is 0.364. The van der Waals surface area contributed by atoms with Crippen LogP contribution >= 0.6 is 0 Å². The van der Waals surface area contributed by atoms with Crippen molar-refractivity contribution in [1.29, 1.82) is 0 Å². The highest BCUT2D eigenvalue weighted by molar-refractivity contribution is 5.40. The van der Waals surface area contributed by atoms with Gasteiger partial charge in [-0.25, -0.2) is 4.98 Å². The number of nitrogens with zero attached hydrogens (tertiary/aromatic N) is 2. The SMILES string of the molecule is C=C1CCCN(c2ccccn2)C1. The fourth-order valence-electron chi connectivity index (χ4n) is 1.68. The topological polar surface area (TPSA) is 16.1 Å². The van der Waals surface area contributed by atoms with Crippen LogP contribution in [0.15, 0.2) is 36.5 Å². The molecule has 0 radical (unpaired) electrons. The predicted molar refractivity (Wildman–Crippen MR) is 54.8 cm³/mol. The summed E-state index contributed by atoms with van der Waals surface area (Å²) >= 11 is 0. The summed E-state index contributed by atoms with van der Waals surface area (Å²) in [5.41, 5.74) is 1.32. The minimum absolute atomic E-state index is 0.969. The van der Waals surface area contributed by atoms with Crippen molar-refractivity contribution < 1.29 is 0 Å². The molecule has 2 heteroatoms. The number of rotatable bonds is 1. The zero-order valence-electron chi connectivity index (χ0n) is 7.74. The lowest BCUT2D eigenvalue weighted by molar-refractivity contribution is 0.672. The molecular weight excluding hydrogens is 160 g/mol. The van der Waals surface area contributed by atoms with E-state index < -0.39 is 0 Å². The summed E-state index contributed by atoms with van der Waals surface area (Å²) in [6.07, 6.45) is 4.21. The maximum absolute atomic E-state index is 4.32. The van der Waals surface area contributed by atoms with Crippen LogP contribution < -0.4 is 4.90 Å². The number of hydrogen-bond acceptors (Lipinski definition) is 2. The van der Waals surface area contributed by atoms with E-state index in [1.165, 1.54) is 18.4 Å². The molecule has 0 atom stereocenters. The monoisotopic (exact) mass is 174 g/mol. The molecule has 0 aliphatic carbocycles. The van der Waals surface area contributed by atoms with Crippen LogP contribution in [-0.2, 0) is 0 Å². The van der Waals surface area contributed by atoms with Gasteiger partial charge in [0.05, 0.1) is 0 Å². The first kappa shape index (κ1) is 8.30. The molecule has 13 heavy (non-hydrogen) atoms. The van der Waals surface area contributed by atoms with Gasteiger partial charge in [-0.15, -0.1) is 0 Å². The number of pyridine rings is 1. The minimum Gasteiger partial charge on any atom is -0.353 e. The summed E-state index contributed by atoms with van der Waals surface area (Å²) in [6, 6.07) is 6.03. The zero-order chi connectivity index (χ0) is 9.10. The first-order valence-electron chi connectivity index (χ1n) is 4.69. The van der Waals surface area contributed by atoms with Crippen LogP contribution in [0.3, 0.4) is 0 Å². The Bertz CT molecular complexity index is 292. The third kappa shape index (κ3) is 1.89. The Morgan fingerprint density at radius 3 is 3.00 bits per heavy atom. The molecule has 2 rings (SSSR count). The van der Waals surface area contributed by atoms with Crippen LogP contribution in [0.5, 0.6) is 0 Å². The molecule has 0 N–H and O–H groups in total. The molecule has 0 amide bonds. The fourth-order valence-corrected chi connectivity index (χ4v) is 1.68. The largest absolute Gasteiger partial charge is 0.353 e. The van der Waals surface area contributed by atoms with Crippen molar-refractivity contribution >= 4 is 5.82 Å². The second-order valence-corrected chi connectivity index (χ2v) is 3.46. The van der Waals surface area contributed by atoms with Gasteiger partial charge in [0.1, 0.15) is 5.82 Å². The Morgan fingerprint density at radius 1 is 1.38 bits per heavy atom. The number of anilines is 1. The number of hydrogen-bond donors (Lipinski definition) is 0. The molecule has 1 aromatic heterocycles. The first-order chi connectivity index (χ1) is 6.36. The average molecular weight is 174 g/mol. The second-order valence-electron chi connectivity index (χ2n) is 3.46. The summed E-state index contributed by atoms with van der Waals surface area (Å²) in [7, 11) is 0. The molecule has 68 valence electrons. The molecule has 1 fully saturated rings. The smallest absolute Gasteiger partial charge is 0.128 e. The van der Waals surface area contributed by atoms with E-state index in [2.05, 4.69) is 22.5 Å². The van der Waals surface area contributed by atoms with E-state index >= 15 is 0 Å². The van der Waals surface area contributed by atoms with Gasteiger partial charge in [-0.3, -0.25) is 0 Å². The Kier molecular flexibility index (Phi) is 2.30. The maximum atomic E-state index is 4.32. The summed E-state index contributed by atoms with van der Waals surface area (Å²) in [5, 5.41) is 0. The van der Waals surface area contributed by atoms with E-state index in [0.717, 1.165) is 18.9 Å². The van der Waals surface area contributed by atoms with Gasteiger partial charge < -0.3 is 4.90 Å². The Labute approximate surface area is 78.9 Å². The molecule has 0 unspecified atom stereocenters. The van der Waals surface area contributed by atoms with E-state index in [-0.39, 0.29) is 0 Å². The van der Waals surface area contributed by atoms with Crippen molar-refractivity contribution in [2.75, 3.05) is 18.0 Å². The zero-order valence-corrected chi connectivity index (χ0v) is 7.74. The van der Waals surface area contributed by atoms with E-state index in [9.17, 15) is 0 Å². The highest BCUT2D eigenvalue weighted by atomic mass is 15.2. The summed E-state index contributed by atoms with van der Waals surface area (Å²) < 4.78 is 0. The molecule has 2 heterocycles. The molecule has 0 aromatic carbocycles. The van der Waals surface area contributed by atoms with Gasteiger partial charge in [0, 0.05) is 19.3 Å². The normalized spacial score (nSPS) is 17.5. The van der Waals surface area contributed by atoms with E-state index in [1.54, 1.807) is 0 Å². The van der Waals surface area contributed by atoms with Crippen LogP contribution in [0.4, 0.5) is 5.82 Å². The van der Waals surface area contributed by atoms with Crippen molar-refractivity contribution in [3.8, 4) is 0 Å². The Balaban J connectivity index is 2.13. The predicted octanol–water partition coefficient (Wildman–Crippen LogP) is 2.24. The third-order valence-electron chi connectivity index (χ3n) is 2.35. The molecule has 1 saturated heterocycles. The minimum atomic E-state index is 0.969. The highest BCUT2D eigenvalue weighted by Gasteiger charge is 2.13. The molecule has 1 aliphatic rings. The van der Waals surface area contributed by atoms with Crippen LogP contribution in [0.25, 0.3) is 0 Å². The third-order valence-corrected chi connectivity index (χ3v) is 2.35. The Morgan fingerprint density at radius 2 is 2.31 bits per heavy atom. The second kappa shape index (κ2) is 3.60. The van der Waals surface area contributed by atoms with Crippen molar-refractivity contribution in [3.63, 3.8) is 0 Å². The lowest BCUT2D eigenvalue weighted by Gasteiger charge is -2.29. The summed E-state index contributed by atoms with van der Waals surface area (Å²) in [5.74, 6) is 1.07. The van der Waals surface area contributed by atoms with E-state index in [1.807, 2.05) is 18.3 Å². The molecule has 0 saturated carbocycles. The van der Waals surface area contributed by atoms with Crippen LogP contribution in [0, 0.1) is 0 Å². The molecular formula is C11H14N2. The standard InChI is InChI=1S/C11H14N2/c1-10-5-4-8-13(9-10)11-6-2-3-7-12-11/h2-3,6-7H,1,4-5,8-9H2. The lowest BCUT2D eigenvalue weighted by atomic mass is 10.1. The van der Waals surface area contributed by atoms with Crippen LogP contribution in [-0.4, -0.2) is 18.1 Å². The van der Waals surface area contributed by atoms with Gasteiger partial charge >= 0.3 is 0 Å².